The first-order valence-electron chi connectivity index (χ1n) is 6.51. The van der Waals surface area contributed by atoms with Gasteiger partial charge in [-0.3, -0.25) is 4.79 Å². The van der Waals surface area contributed by atoms with E-state index in [1.165, 1.54) is 0 Å². The van der Waals surface area contributed by atoms with Gasteiger partial charge in [-0.2, -0.15) is 11.3 Å². The van der Waals surface area contributed by atoms with Crippen molar-refractivity contribution in [3.63, 3.8) is 0 Å². The molecule has 0 saturated carbocycles. The second-order valence-corrected chi connectivity index (χ2v) is 6.69. The van der Waals surface area contributed by atoms with Crippen LogP contribution < -0.4 is 0 Å². The standard InChI is InChI=1S/C16H14BrNO2S/c1-10-13-7-12(17)3-4-14(13)20-15(10)16(19)18(2)8-11-5-6-21-9-11/h3-7,9H,8H2,1-2H3. The molecule has 0 bridgehead atoms. The highest BCUT2D eigenvalue weighted by Crippen LogP contribution is 2.29. The molecule has 5 heteroatoms. The molecule has 1 amide bonds. The van der Waals surface area contributed by atoms with Gasteiger partial charge in [0, 0.05) is 29.0 Å². The lowest BCUT2D eigenvalue weighted by Crippen LogP contribution is -2.26. The minimum absolute atomic E-state index is 0.0916. The third-order valence-corrected chi connectivity index (χ3v) is 4.66. The van der Waals surface area contributed by atoms with Gasteiger partial charge in [0.1, 0.15) is 5.58 Å². The smallest absolute Gasteiger partial charge is 0.289 e. The van der Waals surface area contributed by atoms with E-state index in [0.717, 1.165) is 26.6 Å². The van der Waals surface area contributed by atoms with E-state index in [1.54, 1.807) is 23.3 Å². The number of furan rings is 1. The summed E-state index contributed by atoms with van der Waals surface area (Å²) in [5, 5.41) is 5.03. The van der Waals surface area contributed by atoms with Crippen LogP contribution in [0.2, 0.25) is 0 Å². The maximum atomic E-state index is 12.6. The zero-order chi connectivity index (χ0) is 15.0. The zero-order valence-corrected chi connectivity index (χ0v) is 14.1. The Morgan fingerprint density at radius 3 is 2.90 bits per heavy atom. The number of benzene rings is 1. The van der Waals surface area contributed by atoms with Crippen LogP contribution in [-0.4, -0.2) is 17.9 Å². The van der Waals surface area contributed by atoms with Crippen LogP contribution in [0.15, 0.2) is 43.9 Å². The summed E-state index contributed by atoms with van der Waals surface area (Å²) in [7, 11) is 1.79. The van der Waals surface area contributed by atoms with Gasteiger partial charge >= 0.3 is 0 Å². The second kappa shape index (κ2) is 5.66. The lowest BCUT2D eigenvalue weighted by Gasteiger charge is -2.15. The monoisotopic (exact) mass is 363 g/mol. The number of aryl methyl sites for hydroxylation is 1. The summed E-state index contributed by atoms with van der Waals surface area (Å²) in [4.78, 5) is 14.3. The molecule has 3 nitrogen and oxygen atoms in total. The number of carbonyl (C=O) groups excluding carboxylic acids is 1. The van der Waals surface area contributed by atoms with Crippen LogP contribution in [0.4, 0.5) is 0 Å². The largest absolute Gasteiger partial charge is 0.451 e. The molecule has 1 aromatic carbocycles. The Bertz CT molecular complexity index is 792. The van der Waals surface area contributed by atoms with Crippen molar-refractivity contribution in [2.24, 2.45) is 0 Å². The third kappa shape index (κ3) is 2.76. The van der Waals surface area contributed by atoms with Crippen molar-refractivity contribution < 1.29 is 9.21 Å². The van der Waals surface area contributed by atoms with Crippen molar-refractivity contribution in [3.8, 4) is 0 Å². The average molecular weight is 364 g/mol. The number of amides is 1. The van der Waals surface area contributed by atoms with Crippen molar-refractivity contribution in [2.45, 2.75) is 13.5 Å². The number of halogens is 1. The van der Waals surface area contributed by atoms with Crippen LogP contribution in [-0.2, 0) is 6.54 Å². The van der Waals surface area contributed by atoms with E-state index in [-0.39, 0.29) is 5.91 Å². The molecule has 21 heavy (non-hydrogen) atoms. The summed E-state index contributed by atoms with van der Waals surface area (Å²) < 4.78 is 6.72. The zero-order valence-electron chi connectivity index (χ0n) is 11.7. The van der Waals surface area contributed by atoms with E-state index >= 15 is 0 Å². The highest BCUT2D eigenvalue weighted by Gasteiger charge is 2.21. The normalized spacial score (nSPS) is 11.0. The minimum atomic E-state index is -0.0916. The van der Waals surface area contributed by atoms with E-state index in [2.05, 4.69) is 15.9 Å². The van der Waals surface area contributed by atoms with Crippen molar-refractivity contribution >= 4 is 44.1 Å². The summed E-state index contributed by atoms with van der Waals surface area (Å²) >= 11 is 5.08. The van der Waals surface area contributed by atoms with Crippen LogP contribution in [0.25, 0.3) is 11.0 Å². The van der Waals surface area contributed by atoms with Crippen molar-refractivity contribution in [2.75, 3.05) is 7.05 Å². The fourth-order valence-electron chi connectivity index (χ4n) is 2.30. The molecule has 0 aliphatic heterocycles. The summed E-state index contributed by atoms with van der Waals surface area (Å²) in [6.45, 7) is 2.51. The van der Waals surface area contributed by atoms with E-state index < -0.39 is 0 Å². The molecule has 2 aromatic heterocycles. The summed E-state index contributed by atoms with van der Waals surface area (Å²) in [6, 6.07) is 7.79. The van der Waals surface area contributed by atoms with Gasteiger partial charge in [0.25, 0.3) is 5.91 Å². The van der Waals surface area contributed by atoms with Crippen LogP contribution in [0.3, 0.4) is 0 Å². The number of hydrogen-bond acceptors (Lipinski definition) is 3. The molecule has 0 saturated heterocycles. The van der Waals surface area contributed by atoms with Gasteiger partial charge in [0.05, 0.1) is 0 Å². The molecule has 0 radical (unpaired) electrons. The van der Waals surface area contributed by atoms with Gasteiger partial charge in [-0.05, 0) is 47.5 Å². The summed E-state index contributed by atoms with van der Waals surface area (Å²) in [5.74, 6) is 0.326. The van der Waals surface area contributed by atoms with E-state index in [9.17, 15) is 4.79 Å². The molecule has 3 rings (SSSR count). The Kier molecular flexibility index (Phi) is 3.87. The second-order valence-electron chi connectivity index (χ2n) is 4.99. The topological polar surface area (TPSA) is 33.5 Å². The number of rotatable bonds is 3. The van der Waals surface area contributed by atoms with Crippen molar-refractivity contribution in [1.82, 2.24) is 4.90 Å². The summed E-state index contributed by atoms with van der Waals surface area (Å²) in [6.07, 6.45) is 0. The first-order chi connectivity index (χ1) is 10.1. The molecule has 0 aliphatic rings. The number of hydrogen-bond donors (Lipinski definition) is 0. The molecular formula is C16H14BrNO2S. The predicted octanol–water partition coefficient (Wildman–Crippen LogP) is 4.84. The van der Waals surface area contributed by atoms with E-state index in [0.29, 0.717) is 12.3 Å². The van der Waals surface area contributed by atoms with Gasteiger partial charge in [-0.25, -0.2) is 0 Å². The first kappa shape index (κ1) is 14.4. The Morgan fingerprint density at radius 1 is 1.38 bits per heavy atom. The molecule has 0 unspecified atom stereocenters. The molecule has 0 fully saturated rings. The third-order valence-electron chi connectivity index (χ3n) is 3.44. The minimum Gasteiger partial charge on any atom is -0.451 e. The fourth-order valence-corrected chi connectivity index (χ4v) is 3.32. The van der Waals surface area contributed by atoms with Crippen LogP contribution in [0.5, 0.6) is 0 Å². The van der Waals surface area contributed by atoms with E-state index in [4.69, 9.17) is 4.42 Å². The summed E-state index contributed by atoms with van der Waals surface area (Å²) in [5.41, 5.74) is 2.75. The molecule has 0 aliphatic carbocycles. The molecule has 3 aromatic rings. The number of carbonyl (C=O) groups is 1. The Balaban J connectivity index is 1.92. The number of fused-ring (bicyclic) bond motifs is 1. The quantitative estimate of drug-likeness (QED) is 0.667. The van der Waals surface area contributed by atoms with Gasteiger partial charge in [-0.1, -0.05) is 15.9 Å². The maximum absolute atomic E-state index is 12.6. The highest BCUT2D eigenvalue weighted by molar-refractivity contribution is 9.10. The van der Waals surface area contributed by atoms with Crippen molar-refractivity contribution in [1.29, 1.82) is 0 Å². The molecule has 0 atom stereocenters. The molecule has 2 heterocycles. The Labute approximate surface area is 135 Å². The lowest BCUT2D eigenvalue weighted by atomic mass is 10.1. The van der Waals surface area contributed by atoms with Crippen LogP contribution in [0, 0.1) is 6.92 Å². The van der Waals surface area contributed by atoms with Crippen molar-refractivity contribution in [3.05, 3.63) is 56.4 Å². The predicted molar refractivity (Wildman–Crippen MR) is 88.8 cm³/mol. The van der Waals surface area contributed by atoms with Crippen LogP contribution in [0.1, 0.15) is 21.7 Å². The van der Waals surface area contributed by atoms with Gasteiger partial charge < -0.3 is 9.32 Å². The number of thiophene rings is 1. The maximum Gasteiger partial charge on any atom is 0.289 e. The highest BCUT2D eigenvalue weighted by atomic mass is 79.9. The van der Waals surface area contributed by atoms with Gasteiger partial charge in [0.15, 0.2) is 5.76 Å². The SMILES string of the molecule is Cc1c(C(=O)N(C)Cc2ccsc2)oc2ccc(Br)cc12. The van der Waals surface area contributed by atoms with E-state index in [1.807, 2.05) is 41.9 Å². The molecule has 108 valence electrons. The number of nitrogens with zero attached hydrogens (tertiary/aromatic N) is 1. The van der Waals surface area contributed by atoms with Crippen LogP contribution >= 0.6 is 27.3 Å². The lowest BCUT2D eigenvalue weighted by molar-refractivity contribution is 0.0755. The molecular weight excluding hydrogens is 350 g/mol. The average Bonchev–Trinajstić information content (AvgIpc) is 3.07. The Morgan fingerprint density at radius 2 is 2.19 bits per heavy atom. The first-order valence-corrected chi connectivity index (χ1v) is 8.25. The van der Waals surface area contributed by atoms with Gasteiger partial charge in [-0.15, -0.1) is 0 Å². The Hall–Kier alpha value is -1.59. The molecule has 0 N–H and O–H groups in total. The molecule has 0 spiro atoms. The fraction of sp³-hybridized carbons (Fsp3) is 0.188. The van der Waals surface area contributed by atoms with Gasteiger partial charge in [0.2, 0.25) is 0 Å².